The van der Waals surface area contributed by atoms with Crippen LogP contribution in [0.1, 0.15) is 27.0 Å². The fourth-order valence-electron chi connectivity index (χ4n) is 3.13. The van der Waals surface area contributed by atoms with Gasteiger partial charge in [0.2, 0.25) is 10.0 Å². The Morgan fingerprint density at radius 1 is 0.969 bits per heavy atom. The van der Waals surface area contributed by atoms with Gasteiger partial charge in [-0.2, -0.15) is 0 Å². The maximum atomic E-state index is 12.6. The highest BCUT2D eigenvalue weighted by Gasteiger charge is 2.17. The lowest BCUT2D eigenvalue weighted by atomic mass is 10.1. The number of carboxylic acids is 1. The number of sulfonamides is 1. The number of ether oxygens (including phenoxy) is 2. The molecule has 3 aromatic rings. The van der Waals surface area contributed by atoms with Crippen LogP contribution < -0.4 is 14.2 Å². The molecular weight excluding hydrogens is 430 g/mol. The Hall–Kier alpha value is -3.36. The van der Waals surface area contributed by atoms with Crippen molar-refractivity contribution in [3.05, 3.63) is 89.0 Å². The van der Waals surface area contributed by atoms with Gasteiger partial charge in [-0.15, -0.1) is 0 Å². The maximum Gasteiger partial charge on any atom is 0.335 e. The average Bonchev–Trinajstić information content (AvgIpc) is 2.78. The zero-order chi connectivity index (χ0) is 23.1. The van der Waals surface area contributed by atoms with Gasteiger partial charge in [0.05, 0.1) is 17.6 Å². The third-order valence-corrected chi connectivity index (χ3v) is 6.38. The van der Waals surface area contributed by atoms with Crippen molar-refractivity contribution in [2.75, 3.05) is 13.7 Å². The minimum Gasteiger partial charge on any atom is -0.493 e. The molecular formula is C24H25NO6S. The van der Waals surface area contributed by atoms with Gasteiger partial charge in [-0.1, -0.05) is 42.5 Å². The minimum atomic E-state index is -3.84. The number of rotatable bonds is 10. The second-order valence-corrected chi connectivity index (χ2v) is 8.96. The highest BCUT2D eigenvalue weighted by molar-refractivity contribution is 7.89. The average molecular weight is 456 g/mol. The molecule has 0 aliphatic rings. The van der Waals surface area contributed by atoms with E-state index in [-0.39, 0.29) is 17.0 Å². The van der Waals surface area contributed by atoms with Crippen LogP contribution in [-0.4, -0.2) is 33.1 Å². The molecule has 0 unspecified atom stereocenters. The van der Waals surface area contributed by atoms with Crippen molar-refractivity contribution in [1.82, 2.24) is 4.72 Å². The maximum absolute atomic E-state index is 12.6. The molecule has 0 spiro atoms. The lowest BCUT2D eigenvalue weighted by molar-refractivity contribution is 0.0696. The van der Waals surface area contributed by atoms with Crippen LogP contribution in [-0.2, 0) is 23.1 Å². The zero-order valence-corrected chi connectivity index (χ0v) is 18.7. The summed E-state index contributed by atoms with van der Waals surface area (Å²) < 4.78 is 38.9. The van der Waals surface area contributed by atoms with Gasteiger partial charge in [0.1, 0.15) is 6.61 Å². The first kappa shape index (κ1) is 23.3. The van der Waals surface area contributed by atoms with Crippen LogP contribution in [0.4, 0.5) is 0 Å². The van der Waals surface area contributed by atoms with Crippen LogP contribution in [0.25, 0.3) is 0 Å². The summed E-state index contributed by atoms with van der Waals surface area (Å²) in [7, 11) is -2.29. The number of benzene rings is 3. The lowest BCUT2D eigenvalue weighted by Gasteiger charge is -2.13. The van der Waals surface area contributed by atoms with E-state index in [1.807, 2.05) is 42.5 Å². The molecule has 0 amide bonds. The van der Waals surface area contributed by atoms with E-state index >= 15 is 0 Å². The first-order valence-corrected chi connectivity index (χ1v) is 11.5. The first-order valence-electron chi connectivity index (χ1n) is 9.97. The van der Waals surface area contributed by atoms with Crippen molar-refractivity contribution >= 4 is 16.0 Å². The number of hydrogen-bond acceptors (Lipinski definition) is 5. The van der Waals surface area contributed by atoms with Crippen LogP contribution in [0.2, 0.25) is 0 Å². The van der Waals surface area contributed by atoms with Crippen molar-refractivity contribution in [3.63, 3.8) is 0 Å². The first-order chi connectivity index (χ1) is 15.3. The number of aromatic carboxylic acids is 1. The van der Waals surface area contributed by atoms with E-state index in [1.54, 1.807) is 20.1 Å². The molecule has 3 aromatic carbocycles. The van der Waals surface area contributed by atoms with E-state index in [0.717, 1.165) is 11.1 Å². The molecule has 0 atom stereocenters. The predicted molar refractivity (Wildman–Crippen MR) is 121 cm³/mol. The molecule has 0 heterocycles. The topological polar surface area (TPSA) is 102 Å². The van der Waals surface area contributed by atoms with Crippen LogP contribution in [0, 0.1) is 6.92 Å². The van der Waals surface area contributed by atoms with E-state index in [1.165, 1.54) is 18.2 Å². The standard InChI is InChI=1S/C24H25NO6S/c1-17-8-10-20(15-21(17)24(26)27)32(28,29)25-13-12-18-9-11-22(23(14-18)30-2)31-16-19-6-4-3-5-7-19/h3-11,14-15,25H,12-13,16H2,1-2H3,(H,26,27). The predicted octanol–water partition coefficient (Wildman–Crippen LogP) is 3.80. The van der Waals surface area contributed by atoms with Crippen LogP contribution >= 0.6 is 0 Å². The summed E-state index contributed by atoms with van der Waals surface area (Å²) >= 11 is 0. The van der Waals surface area contributed by atoms with Crippen LogP contribution in [0.3, 0.4) is 0 Å². The SMILES string of the molecule is COc1cc(CCNS(=O)(=O)c2ccc(C)c(C(=O)O)c2)ccc1OCc1ccccc1. The Kier molecular flexibility index (Phi) is 7.50. The van der Waals surface area contributed by atoms with Gasteiger partial charge in [0, 0.05) is 6.54 Å². The summed E-state index contributed by atoms with van der Waals surface area (Å²) in [6.07, 6.45) is 0.423. The number of methoxy groups -OCH3 is 1. The molecule has 0 saturated heterocycles. The number of carboxylic acid groups (broad SMARTS) is 1. The number of nitrogens with one attached hydrogen (secondary N) is 1. The number of carbonyl (C=O) groups is 1. The fraction of sp³-hybridized carbons (Fsp3) is 0.208. The van der Waals surface area contributed by atoms with Crippen LogP contribution in [0.15, 0.2) is 71.6 Å². The highest BCUT2D eigenvalue weighted by Crippen LogP contribution is 2.29. The second-order valence-electron chi connectivity index (χ2n) is 7.19. The summed E-state index contributed by atoms with van der Waals surface area (Å²) in [6.45, 7) is 2.17. The van der Waals surface area contributed by atoms with Gasteiger partial charge in [0.15, 0.2) is 11.5 Å². The van der Waals surface area contributed by atoms with E-state index in [2.05, 4.69) is 4.72 Å². The van der Waals surface area contributed by atoms with E-state index < -0.39 is 16.0 Å². The summed E-state index contributed by atoms with van der Waals surface area (Å²) in [4.78, 5) is 11.2. The van der Waals surface area contributed by atoms with E-state index in [9.17, 15) is 18.3 Å². The molecule has 0 aromatic heterocycles. The fourth-order valence-corrected chi connectivity index (χ4v) is 4.19. The molecule has 8 heteroatoms. The van der Waals surface area contributed by atoms with Crippen molar-refractivity contribution < 1.29 is 27.8 Å². The largest absolute Gasteiger partial charge is 0.493 e. The van der Waals surface area contributed by atoms with Crippen LogP contribution in [0.5, 0.6) is 11.5 Å². The highest BCUT2D eigenvalue weighted by atomic mass is 32.2. The molecule has 0 radical (unpaired) electrons. The molecule has 0 aliphatic heterocycles. The number of hydrogen-bond donors (Lipinski definition) is 2. The second kappa shape index (κ2) is 10.3. The Morgan fingerprint density at radius 3 is 2.41 bits per heavy atom. The molecule has 3 rings (SSSR count). The van der Waals surface area contributed by atoms with Crippen molar-refractivity contribution in [3.8, 4) is 11.5 Å². The van der Waals surface area contributed by atoms with Gasteiger partial charge in [-0.05, 0) is 54.3 Å². The monoisotopic (exact) mass is 455 g/mol. The van der Waals surface area contributed by atoms with Crippen molar-refractivity contribution in [2.24, 2.45) is 0 Å². The van der Waals surface area contributed by atoms with Crippen molar-refractivity contribution in [2.45, 2.75) is 24.8 Å². The van der Waals surface area contributed by atoms with Gasteiger partial charge in [0.25, 0.3) is 0 Å². The normalized spacial score (nSPS) is 11.2. The summed E-state index contributed by atoms with van der Waals surface area (Å²) in [5.41, 5.74) is 2.36. The van der Waals surface area contributed by atoms with Gasteiger partial charge in [-0.3, -0.25) is 0 Å². The van der Waals surface area contributed by atoms with E-state index in [4.69, 9.17) is 9.47 Å². The number of aryl methyl sites for hydroxylation is 1. The Bertz CT molecular complexity index is 1190. The molecule has 2 N–H and O–H groups in total. The Morgan fingerprint density at radius 2 is 1.72 bits per heavy atom. The molecule has 0 saturated carbocycles. The smallest absolute Gasteiger partial charge is 0.335 e. The molecule has 168 valence electrons. The van der Waals surface area contributed by atoms with Gasteiger partial charge < -0.3 is 14.6 Å². The van der Waals surface area contributed by atoms with E-state index in [0.29, 0.717) is 30.1 Å². The minimum absolute atomic E-state index is 0.0382. The van der Waals surface area contributed by atoms with Crippen molar-refractivity contribution in [1.29, 1.82) is 0 Å². The summed E-state index contributed by atoms with van der Waals surface area (Å²) in [5, 5.41) is 9.22. The molecule has 0 bridgehead atoms. The third-order valence-electron chi connectivity index (χ3n) is 4.92. The molecule has 32 heavy (non-hydrogen) atoms. The lowest BCUT2D eigenvalue weighted by Crippen LogP contribution is -2.26. The Labute approximate surface area is 187 Å². The quantitative estimate of drug-likeness (QED) is 0.482. The molecule has 0 fully saturated rings. The van der Waals surface area contributed by atoms with Gasteiger partial charge >= 0.3 is 5.97 Å². The summed E-state index contributed by atoms with van der Waals surface area (Å²) in [6, 6.07) is 19.3. The Balaban J connectivity index is 1.63. The summed E-state index contributed by atoms with van der Waals surface area (Å²) in [5.74, 6) is -0.00585. The van der Waals surface area contributed by atoms with Gasteiger partial charge in [-0.25, -0.2) is 17.9 Å². The molecule has 0 aliphatic carbocycles. The zero-order valence-electron chi connectivity index (χ0n) is 17.9. The third kappa shape index (κ3) is 5.87. The molecule has 7 nitrogen and oxygen atoms in total.